The third kappa shape index (κ3) is 5.28. The Hall–Kier alpha value is -3.08. The molecule has 0 fully saturated rings. The molecule has 124 valence electrons. The van der Waals surface area contributed by atoms with Crippen molar-refractivity contribution >= 4 is 23.6 Å². The Balaban J connectivity index is 1.95. The molecule has 2 aromatic carbocycles. The summed E-state index contributed by atoms with van der Waals surface area (Å²) in [7, 11) is 0. The Labute approximate surface area is 140 Å². The largest absolute Gasteiger partial charge is 0.494 e. The predicted octanol–water partition coefficient (Wildman–Crippen LogP) is 3.83. The molecule has 0 bridgehead atoms. The smallest absolute Gasteiger partial charge is 0.335 e. The maximum absolute atomic E-state index is 11.9. The molecule has 0 aliphatic rings. The van der Waals surface area contributed by atoms with Gasteiger partial charge in [0.2, 0.25) is 5.91 Å². The van der Waals surface area contributed by atoms with E-state index in [1.165, 1.54) is 18.2 Å². The lowest BCUT2D eigenvalue weighted by molar-refractivity contribution is -0.111. The minimum absolute atomic E-state index is 0.124. The van der Waals surface area contributed by atoms with Crippen molar-refractivity contribution < 1.29 is 19.4 Å². The molecule has 0 spiro atoms. The van der Waals surface area contributed by atoms with Gasteiger partial charge in [-0.25, -0.2) is 4.79 Å². The third-order valence-corrected chi connectivity index (χ3v) is 3.16. The SMILES string of the molecule is CCCOc1ccc(/C=C/C(=O)Nc2cccc(C(=O)O)c2)cc1. The van der Waals surface area contributed by atoms with Crippen molar-refractivity contribution in [2.75, 3.05) is 11.9 Å². The number of carbonyl (C=O) groups is 2. The Morgan fingerprint density at radius 1 is 1.17 bits per heavy atom. The van der Waals surface area contributed by atoms with Crippen LogP contribution in [0.1, 0.15) is 29.3 Å². The molecule has 0 aromatic heterocycles. The minimum Gasteiger partial charge on any atom is -0.494 e. The summed E-state index contributed by atoms with van der Waals surface area (Å²) in [6.45, 7) is 2.72. The highest BCUT2D eigenvalue weighted by atomic mass is 16.5. The molecule has 24 heavy (non-hydrogen) atoms. The zero-order valence-electron chi connectivity index (χ0n) is 13.4. The number of aromatic carboxylic acids is 1. The lowest BCUT2D eigenvalue weighted by atomic mass is 10.2. The van der Waals surface area contributed by atoms with Gasteiger partial charge >= 0.3 is 5.97 Å². The summed E-state index contributed by atoms with van der Waals surface area (Å²) in [5.74, 6) is -0.570. The number of ether oxygens (including phenoxy) is 1. The van der Waals surface area contributed by atoms with Crippen LogP contribution in [-0.4, -0.2) is 23.6 Å². The molecule has 0 aliphatic carbocycles. The molecule has 2 rings (SSSR count). The molecule has 5 heteroatoms. The summed E-state index contributed by atoms with van der Waals surface area (Å²) in [5, 5.41) is 11.6. The van der Waals surface area contributed by atoms with Crippen molar-refractivity contribution in [2.45, 2.75) is 13.3 Å². The van der Waals surface area contributed by atoms with Gasteiger partial charge in [0.1, 0.15) is 5.75 Å². The van der Waals surface area contributed by atoms with Gasteiger partial charge in [0, 0.05) is 11.8 Å². The van der Waals surface area contributed by atoms with E-state index in [-0.39, 0.29) is 11.5 Å². The molecule has 0 radical (unpaired) electrons. The van der Waals surface area contributed by atoms with Gasteiger partial charge in [0.05, 0.1) is 12.2 Å². The number of benzene rings is 2. The summed E-state index contributed by atoms with van der Waals surface area (Å²) >= 11 is 0. The van der Waals surface area contributed by atoms with E-state index in [0.717, 1.165) is 17.7 Å². The zero-order valence-corrected chi connectivity index (χ0v) is 13.4. The highest BCUT2D eigenvalue weighted by Crippen LogP contribution is 2.14. The van der Waals surface area contributed by atoms with Gasteiger partial charge in [-0.3, -0.25) is 4.79 Å². The second-order valence-corrected chi connectivity index (χ2v) is 5.13. The van der Waals surface area contributed by atoms with E-state index in [9.17, 15) is 9.59 Å². The van der Waals surface area contributed by atoms with Gasteiger partial charge in [-0.15, -0.1) is 0 Å². The fraction of sp³-hybridized carbons (Fsp3) is 0.158. The normalized spacial score (nSPS) is 10.5. The number of amides is 1. The van der Waals surface area contributed by atoms with Crippen LogP contribution in [0.2, 0.25) is 0 Å². The van der Waals surface area contributed by atoms with Crippen LogP contribution in [0.4, 0.5) is 5.69 Å². The average Bonchev–Trinajstić information content (AvgIpc) is 2.59. The number of nitrogens with one attached hydrogen (secondary N) is 1. The Morgan fingerprint density at radius 2 is 1.92 bits per heavy atom. The predicted molar refractivity (Wildman–Crippen MR) is 93.3 cm³/mol. The van der Waals surface area contributed by atoms with Gasteiger partial charge < -0.3 is 15.2 Å². The topological polar surface area (TPSA) is 75.6 Å². The summed E-state index contributed by atoms with van der Waals surface area (Å²) in [6, 6.07) is 13.5. The number of hydrogen-bond donors (Lipinski definition) is 2. The van der Waals surface area contributed by atoms with Gasteiger partial charge in [0.15, 0.2) is 0 Å². The van der Waals surface area contributed by atoms with Crippen molar-refractivity contribution in [3.8, 4) is 5.75 Å². The zero-order chi connectivity index (χ0) is 17.4. The molecule has 0 saturated heterocycles. The highest BCUT2D eigenvalue weighted by Gasteiger charge is 2.04. The number of anilines is 1. The monoisotopic (exact) mass is 325 g/mol. The van der Waals surface area contributed by atoms with Gasteiger partial charge in [-0.1, -0.05) is 25.1 Å². The Kier molecular flexibility index (Phi) is 6.14. The second-order valence-electron chi connectivity index (χ2n) is 5.13. The average molecular weight is 325 g/mol. The molecule has 0 saturated carbocycles. The maximum Gasteiger partial charge on any atom is 0.335 e. The van der Waals surface area contributed by atoms with Crippen LogP contribution in [0.15, 0.2) is 54.6 Å². The standard InChI is InChI=1S/C19H19NO4/c1-2-12-24-17-9-6-14(7-10-17)8-11-18(21)20-16-5-3-4-15(13-16)19(22)23/h3-11,13H,2,12H2,1H3,(H,20,21)(H,22,23)/b11-8+. The van der Waals surface area contributed by atoms with Gasteiger partial charge in [-0.2, -0.15) is 0 Å². The number of rotatable bonds is 7. The van der Waals surface area contributed by atoms with Crippen LogP contribution in [0.25, 0.3) is 6.08 Å². The minimum atomic E-state index is -1.04. The second kappa shape index (κ2) is 8.53. The summed E-state index contributed by atoms with van der Waals surface area (Å²) < 4.78 is 5.49. The van der Waals surface area contributed by atoms with Crippen LogP contribution >= 0.6 is 0 Å². The first-order valence-electron chi connectivity index (χ1n) is 7.64. The van der Waals surface area contributed by atoms with Crippen molar-refractivity contribution in [3.05, 3.63) is 65.7 Å². The van der Waals surface area contributed by atoms with E-state index in [4.69, 9.17) is 9.84 Å². The molecule has 0 unspecified atom stereocenters. The number of carbonyl (C=O) groups excluding carboxylic acids is 1. The van der Waals surface area contributed by atoms with Crippen LogP contribution in [0.5, 0.6) is 5.75 Å². The van der Waals surface area contributed by atoms with Crippen LogP contribution in [-0.2, 0) is 4.79 Å². The summed E-state index contributed by atoms with van der Waals surface area (Å²) in [5.41, 5.74) is 1.43. The summed E-state index contributed by atoms with van der Waals surface area (Å²) in [6.07, 6.45) is 4.03. The van der Waals surface area contributed by atoms with E-state index in [1.807, 2.05) is 31.2 Å². The lowest BCUT2D eigenvalue weighted by Crippen LogP contribution is -2.08. The molecule has 0 heterocycles. The lowest BCUT2D eigenvalue weighted by Gasteiger charge is -2.04. The van der Waals surface area contributed by atoms with Gasteiger partial charge in [0.25, 0.3) is 0 Å². The van der Waals surface area contributed by atoms with Gasteiger partial charge in [-0.05, 0) is 48.4 Å². The molecular formula is C19H19NO4. The summed E-state index contributed by atoms with van der Waals surface area (Å²) in [4.78, 5) is 22.8. The first-order valence-corrected chi connectivity index (χ1v) is 7.64. The van der Waals surface area contributed by atoms with E-state index in [0.29, 0.717) is 12.3 Å². The third-order valence-electron chi connectivity index (χ3n) is 3.16. The number of carboxylic acids is 1. The Morgan fingerprint density at radius 3 is 2.58 bits per heavy atom. The number of hydrogen-bond acceptors (Lipinski definition) is 3. The molecule has 1 amide bonds. The van der Waals surface area contributed by atoms with E-state index < -0.39 is 5.97 Å². The molecule has 0 atom stereocenters. The molecule has 5 nitrogen and oxygen atoms in total. The quantitative estimate of drug-likeness (QED) is 0.759. The van der Waals surface area contributed by atoms with Crippen LogP contribution in [0, 0.1) is 0 Å². The van der Waals surface area contributed by atoms with Crippen molar-refractivity contribution in [1.29, 1.82) is 0 Å². The highest BCUT2D eigenvalue weighted by molar-refractivity contribution is 6.02. The Bertz CT molecular complexity index is 735. The van der Waals surface area contributed by atoms with Crippen LogP contribution in [0.3, 0.4) is 0 Å². The van der Waals surface area contributed by atoms with Crippen molar-refractivity contribution in [3.63, 3.8) is 0 Å². The molecule has 2 N–H and O–H groups in total. The van der Waals surface area contributed by atoms with Crippen LogP contribution < -0.4 is 10.1 Å². The molecule has 2 aromatic rings. The van der Waals surface area contributed by atoms with Crippen molar-refractivity contribution in [1.82, 2.24) is 0 Å². The first kappa shape index (κ1) is 17.3. The number of carboxylic acid groups (broad SMARTS) is 1. The van der Waals surface area contributed by atoms with Crippen molar-refractivity contribution in [2.24, 2.45) is 0 Å². The fourth-order valence-corrected chi connectivity index (χ4v) is 1.98. The van der Waals surface area contributed by atoms with E-state index in [1.54, 1.807) is 18.2 Å². The van der Waals surface area contributed by atoms with E-state index in [2.05, 4.69) is 5.32 Å². The maximum atomic E-state index is 11.9. The molecular weight excluding hydrogens is 306 g/mol. The fourth-order valence-electron chi connectivity index (χ4n) is 1.98. The first-order chi connectivity index (χ1) is 11.6. The van der Waals surface area contributed by atoms with E-state index >= 15 is 0 Å². The molecule has 0 aliphatic heterocycles.